The zero-order valence-electron chi connectivity index (χ0n) is 15.6. The average molecular weight is 390 g/mol. The van der Waals surface area contributed by atoms with Crippen LogP contribution in [-0.4, -0.2) is 32.4 Å². The van der Waals surface area contributed by atoms with Crippen LogP contribution in [0.1, 0.15) is 36.8 Å². The zero-order chi connectivity index (χ0) is 20.8. The van der Waals surface area contributed by atoms with Gasteiger partial charge in [0.15, 0.2) is 0 Å². The van der Waals surface area contributed by atoms with Crippen molar-refractivity contribution in [2.75, 3.05) is 0 Å². The third-order valence-corrected chi connectivity index (χ3v) is 4.13. The van der Waals surface area contributed by atoms with E-state index in [-0.39, 0.29) is 58.5 Å². The first-order valence-corrected chi connectivity index (χ1v) is 8.64. The van der Waals surface area contributed by atoms with E-state index >= 15 is 0 Å². The Morgan fingerprint density at radius 2 is 0.964 bits per heavy atom. The van der Waals surface area contributed by atoms with Crippen LogP contribution in [0.15, 0.2) is 24.3 Å². The molecule has 0 fully saturated rings. The van der Waals surface area contributed by atoms with Crippen molar-refractivity contribution in [3.05, 3.63) is 35.4 Å². The molecule has 0 radical (unpaired) electrons. The fourth-order valence-electron chi connectivity index (χ4n) is 2.34. The second-order valence-corrected chi connectivity index (χ2v) is 6.33. The van der Waals surface area contributed by atoms with Crippen molar-refractivity contribution in [1.82, 2.24) is 0 Å². The molecule has 8 heteroatoms. The van der Waals surface area contributed by atoms with Crippen LogP contribution in [0.3, 0.4) is 0 Å². The molecule has 0 heterocycles. The lowest BCUT2D eigenvalue weighted by molar-refractivity contribution is -0.136. The van der Waals surface area contributed by atoms with Crippen LogP contribution in [0, 0.1) is 13.8 Å². The number of ether oxygens (including phenoxy) is 2. The van der Waals surface area contributed by atoms with Crippen LogP contribution < -0.4 is 9.47 Å². The molecular weight excluding hydrogens is 368 g/mol. The monoisotopic (exact) mass is 390 g/mol. The standard InChI is InChI=1S/C20H22O8/c1-11-15(21)7-13(8-16(11)22)27-19(25)5-3-4-6-20(26)28-14-9-17(23)12(2)18(24)10-14/h7-10,21-24H,3-6H2,1-2H3. The van der Waals surface area contributed by atoms with Gasteiger partial charge in [-0.2, -0.15) is 0 Å². The molecule has 8 nitrogen and oxygen atoms in total. The van der Waals surface area contributed by atoms with Crippen molar-refractivity contribution in [3.63, 3.8) is 0 Å². The average Bonchev–Trinajstić information content (AvgIpc) is 2.61. The molecule has 150 valence electrons. The lowest BCUT2D eigenvalue weighted by Gasteiger charge is -2.09. The number of benzene rings is 2. The van der Waals surface area contributed by atoms with Crippen molar-refractivity contribution in [2.45, 2.75) is 39.5 Å². The fraction of sp³-hybridized carbons (Fsp3) is 0.300. The Morgan fingerprint density at radius 1 is 0.679 bits per heavy atom. The number of unbranched alkanes of at least 4 members (excludes halogenated alkanes) is 1. The first kappa shape index (κ1) is 20.9. The van der Waals surface area contributed by atoms with E-state index in [2.05, 4.69) is 0 Å². The highest BCUT2D eigenvalue weighted by Gasteiger charge is 2.12. The van der Waals surface area contributed by atoms with Crippen molar-refractivity contribution >= 4 is 11.9 Å². The van der Waals surface area contributed by atoms with Gasteiger partial charge in [-0.25, -0.2) is 0 Å². The van der Waals surface area contributed by atoms with Crippen molar-refractivity contribution in [1.29, 1.82) is 0 Å². The molecule has 0 amide bonds. The SMILES string of the molecule is Cc1c(O)cc(OC(=O)CCCCC(=O)Oc2cc(O)c(C)c(O)c2)cc1O. The number of rotatable bonds is 7. The van der Waals surface area contributed by atoms with Gasteiger partial charge >= 0.3 is 11.9 Å². The molecule has 0 bridgehead atoms. The van der Waals surface area contributed by atoms with Crippen LogP contribution >= 0.6 is 0 Å². The van der Waals surface area contributed by atoms with E-state index in [1.165, 1.54) is 38.1 Å². The smallest absolute Gasteiger partial charge is 0.311 e. The molecule has 0 aliphatic heterocycles. The van der Waals surface area contributed by atoms with Gasteiger partial charge in [-0.05, 0) is 26.7 Å². The number of esters is 2. The van der Waals surface area contributed by atoms with E-state index < -0.39 is 11.9 Å². The summed E-state index contributed by atoms with van der Waals surface area (Å²) in [6.07, 6.45) is 0.799. The number of aromatic hydroxyl groups is 4. The van der Waals surface area contributed by atoms with E-state index in [1.807, 2.05) is 0 Å². The minimum absolute atomic E-state index is 0.0315. The topological polar surface area (TPSA) is 134 Å². The van der Waals surface area contributed by atoms with Gasteiger partial charge in [-0.15, -0.1) is 0 Å². The van der Waals surface area contributed by atoms with Gasteiger partial charge in [0.1, 0.15) is 34.5 Å². The lowest BCUT2D eigenvalue weighted by atomic mass is 10.2. The number of hydrogen-bond acceptors (Lipinski definition) is 8. The Bertz CT molecular complexity index is 768. The van der Waals surface area contributed by atoms with Crippen molar-refractivity contribution in [2.24, 2.45) is 0 Å². The van der Waals surface area contributed by atoms with Gasteiger partial charge < -0.3 is 29.9 Å². The largest absolute Gasteiger partial charge is 0.507 e. The summed E-state index contributed by atoms with van der Waals surface area (Å²) in [4.78, 5) is 23.6. The molecule has 2 aromatic carbocycles. The number of hydrogen-bond donors (Lipinski definition) is 4. The van der Waals surface area contributed by atoms with Gasteiger partial charge in [0, 0.05) is 48.2 Å². The summed E-state index contributed by atoms with van der Waals surface area (Å²) >= 11 is 0. The molecule has 0 aliphatic carbocycles. The van der Waals surface area contributed by atoms with E-state index in [1.54, 1.807) is 0 Å². The first-order chi connectivity index (χ1) is 13.2. The van der Waals surface area contributed by atoms with Crippen LogP contribution in [0.2, 0.25) is 0 Å². The van der Waals surface area contributed by atoms with E-state index in [9.17, 15) is 30.0 Å². The maximum Gasteiger partial charge on any atom is 0.311 e. The minimum Gasteiger partial charge on any atom is -0.507 e. The van der Waals surface area contributed by atoms with Gasteiger partial charge in [-0.1, -0.05) is 0 Å². The maximum absolute atomic E-state index is 11.8. The molecule has 28 heavy (non-hydrogen) atoms. The zero-order valence-corrected chi connectivity index (χ0v) is 15.6. The van der Waals surface area contributed by atoms with Crippen LogP contribution in [0.25, 0.3) is 0 Å². The molecule has 4 N–H and O–H groups in total. The molecule has 0 spiro atoms. The Hall–Kier alpha value is -3.42. The lowest BCUT2D eigenvalue weighted by Crippen LogP contribution is -2.10. The summed E-state index contributed by atoms with van der Waals surface area (Å²) in [5.74, 6) is -1.79. The normalized spacial score (nSPS) is 10.5. The fourth-order valence-corrected chi connectivity index (χ4v) is 2.34. The molecule has 0 saturated heterocycles. The number of phenolic OH excluding ortho intramolecular Hbond substituents is 4. The van der Waals surface area contributed by atoms with Gasteiger partial charge in [0.2, 0.25) is 0 Å². The Labute approximate surface area is 161 Å². The summed E-state index contributed by atoms with van der Waals surface area (Å²) in [5.41, 5.74) is 0.571. The summed E-state index contributed by atoms with van der Waals surface area (Å²) in [5, 5.41) is 38.4. The minimum atomic E-state index is -0.565. The molecule has 0 aliphatic rings. The Kier molecular flexibility index (Phi) is 6.70. The van der Waals surface area contributed by atoms with E-state index in [4.69, 9.17) is 9.47 Å². The molecule has 0 unspecified atom stereocenters. The molecule has 0 aromatic heterocycles. The predicted molar refractivity (Wildman–Crippen MR) is 98.8 cm³/mol. The second kappa shape index (κ2) is 8.98. The van der Waals surface area contributed by atoms with Crippen LogP contribution in [-0.2, 0) is 9.59 Å². The number of carbonyl (C=O) groups is 2. The maximum atomic E-state index is 11.8. The van der Waals surface area contributed by atoms with E-state index in [0.29, 0.717) is 12.8 Å². The van der Waals surface area contributed by atoms with Gasteiger partial charge in [-0.3, -0.25) is 9.59 Å². The third kappa shape index (κ3) is 5.54. The Balaban J connectivity index is 1.75. The van der Waals surface area contributed by atoms with Gasteiger partial charge in [0.25, 0.3) is 0 Å². The van der Waals surface area contributed by atoms with Crippen LogP contribution in [0.5, 0.6) is 34.5 Å². The summed E-state index contributed by atoms with van der Waals surface area (Å²) < 4.78 is 10.1. The van der Waals surface area contributed by atoms with Crippen LogP contribution in [0.4, 0.5) is 0 Å². The molecular formula is C20H22O8. The van der Waals surface area contributed by atoms with Crippen molar-refractivity contribution < 1.29 is 39.5 Å². The number of phenols is 4. The Morgan fingerprint density at radius 3 is 1.25 bits per heavy atom. The predicted octanol–water partition coefficient (Wildman–Crippen LogP) is 3.20. The van der Waals surface area contributed by atoms with Crippen molar-refractivity contribution in [3.8, 4) is 34.5 Å². The molecule has 2 rings (SSSR count). The summed E-state index contributed by atoms with van der Waals surface area (Å²) in [6, 6.07) is 4.93. The first-order valence-electron chi connectivity index (χ1n) is 8.64. The highest BCUT2D eigenvalue weighted by Crippen LogP contribution is 2.32. The highest BCUT2D eigenvalue weighted by molar-refractivity contribution is 5.74. The second-order valence-electron chi connectivity index (χ2n) is 6.33. The van der Waals surface area contributed by atoms with E-state index in [0.717, 1.165) is 0 Å². The third-order valence-electron chi connectivity index (χ3n) is 4.13. The van der Waals surface area contributed by atoms with Gasteiger partial charge in [0.05, 0.1) is 0 Å². The summed E-state index contributed by atoms with van der Waals surface area (Å²) in [7, 11) is 0. The number of carbonyl (C=O) groups excluding carboxylic acids is 2. The highest BCUT2D eigenvalue weighted by atomic mass is 16.5. The summed E-state index contributed by atoms with van der Waals surface area (Å²) in [6.45, 7) is 3.04. The quantitative estimate of drug-likeness (QED) is 0.322. The molecule has 2 aromatic rings. The molecule has 0 atom stereocenters. The molecule has 0 saturated carbocycles.